The maximum Gasteiger partial charge on any atom is 0.241 e. The van der Waals surface area contributed by atoms with Crippen LogP contribution in [0.5, 0.6) is 0 Å². The molecular weight excluding hydrogens is 298 g/mol. The summed E-state index contributed by atoms with van der Waals surface area (Å²) in [5.41, 5.74) is 2.06. The molecule has 0 radical (unpaired) electrons. The molecule has 24 heavy (non-hydrogen) atoms. The monoisotopic (exact) mass is 319 g/mol. The summed E-state index contributed by atoms with van der Waals surface area (Å²) in [7, 11) is 0. The molecule has 1 aromatic heterocycles. The fourth-order valence-corrected chi connectivity index (χ4v) is 2.86. The first-order chi connectivity index (χ1) is 11.7. The van der Waals surface area contributed by atoms with E-state index in [1.54, 1.807) is 17.1 Å². The molecule has 0 aliphatic heterocycles. The number of carbonyl (C=O) groups excluding carboxylic acids is 1. The molecule has 0 bridgehead atoms. The van der Waals surface area contributed by atoms with Crippen molar-refractivity contribution in [2.45, 2.75) is 18.9 Å². The van der Waals surface area contributed by atoms with Crippen LogP contribution >= 0.6 is 0 Å². The zero-order chi connectivity index (χ0) is 16.8. The third-order valence-electron chi connectivity index (χ3n) is 4.33. The molecule has 0 aliphatic carbocycles. The quantitative estimate of drug-likeness (QED) is 0.759. The van der Waals surface area contributed by atoms with Crippen LogP contribution in [-0.4, -0.2) is 22.2 Å². The minimum Gasteiger partial charge on any atom is -0.353 e. The zero-order valence-electron chi connectivity index (χ0n) is 13.7. The van der Waals surface area contributed by atoms with Crippen LogP contribution in [0.2, 0.25) is 0 Å². The second-order valence-electron chi connectivity index (χ2n) is 6.04. The summed E-state index contributed by atoms with van der Waals surface area (Å²) < 4.78 is 1.62. The topological polar surface area (TPSA) is 46.9 Å². The molecule has 1 N–H and O–H groups in total. The molecule has 0 saturated carbocycles. The number of rotatable bonds is 6. The van der Waals surface area contributed by atoms with Crippen molar-refractivity contribution in [2.24, 2.45) is 0 Å². The van der Waals surface area contributed by atoms with Crippen molar-refractivity contribution >= 4 is 5.91 Å². The highest BCUT2D eigenvalue weighted by Crippen LogP contribution is 2.31. The summed E-state index contributed by atoms with van der Waals surface area (Å²) in [6.07, 6.45) is 3.46. The lowest BCUT2D eigenvalue weighted by atomic mass is 9.76. The van der Waals surface area contributed by atoms with Crippen LogP contribution < -0.4 is 5.32 Å². The Morgan fingerprint density at radius 2 is 1.58 bits per heavy atom. The summed E-state index contributed by atoms with van der Waals surface area (Å²) in [6.45, 7) is 2.92. The number of nitrogens with zero attached hydrogens (tertiary/aromatic N) is 2. The van der Waals surface area contributed by atoms with Gasteiger partial charge in [-0.2, -0.15) is 5.10 Å². The van der Waals surface area contributed by atoms with E-state index in [0.29, 0.717) is 6.54 Å². The molecule has 1 amide bonds. The summed E-state index contributed by atoms with van der Waals surface area (Å²) in [6, 6.07) is 22.4. The second-order valence-corrected chi connectivity index (χ2v) is 6.04. The van der Waals surface area contributed by atoms with Crippen molar-refractivity contribution < 1.29 is 4.79 Å². The molecule has 4 heteroatoms. The van der Waals surface area contributed by atoms with Gasteiger partial charge in [-0.3, -0.25) is 9.48 Å². The first-order valence-electron chi connectivity index (χ1n) is 8.04. The average Bonchev–Trinajstić information content (AvgIpc) is 3.14. The van der Waals surface area contributed by atoms with Crippen molar-refractivity contribution in [2.75, 3.05) is 6.54 Å². The van der Waals surface area contributed by atoms with Gasteiger partial charge in [0.25, 0.3) is 0 Å². The van der Waals surface area contributed by atoms with E-state index in [2.05, 4.69) is 41.6 Å². The van der Waals surface area contributed by atoms with E-state index in [4.69, 9.17) is 0 Å². The molecule has 122 valence electrons. The van der Waals surface area contributed by atoms with Gasteiger partial charge >= 0.3 is 0 Å². The lowest BCUT2D eigenvalue weighted by Crippen LogP contribution is -2.40. The molecule has 0 spiro atoms. The van der Waals surface area contributed by atoms with E-state index >= 15 is 0 Å². The van der Waals surface area contributed by atoms with Crippen LogP contribution in [0.3, 0.4) is 0 Å². The van der Waals surface area contributed by atoms with Gasteiger partial charge in [0.15, 0.2) is 0 Å². The SMILES string of the molecule is CC(CNC(=O)Cn1cccn1)(c1ccccc1)c1ccccc1. The van der Waals surface area contributed by atoms with Crippen molar-refractivity contribution in [1.29, 1.82) is 0 Å². The molecule has 3 aromatic rings. The van der Waals surface area contributed by atoms with Crippen LogP contribution in [0.4, 0.5) is 0 Å². The van der Waals surface area contributed by atoms with Gasteiger partial charge in [-0.1, -0.05) is 60.7 Å². The highest BCUT2D eigenvalue weighted by Gasteiger charge is 2.29. The van der Waals surface area contributed by atoms with Crippen LogP contribution in [0.15, 0.2) is 79.1 Å². The van der Waals surface area contributed by atoms with Gasteiger partial charge in [0, 0.05) is 24.4 Å². The van der Waals surface area contributed by atoms with E-state index in [1.807, 2.05) is 42.5 Å². The maximum atomic E-state index is 12.2. The third-order valence-corrected chi connectivity index (χ3v) is 4.33. The van der Waals surface area contributed by atoms with Crippen molar-refractivity contribution in [3.05, 3.63) is 90.3 Å². The smallest absolute Gasteiger partial charge is 0.241 e. The fraction of sp³-hybridized carbons (Fsp3) is 0.200. The van der Waals surface area contributed by atoms with E-state index in [0.717, 1.165) is 0 Å². The summed E-state index contributed by atoms with van der Waals surface area (Å²) >= 11 is 0. The Kier molecular flexibility index (Phi) is 4.75. The maximum absolute atomic E-state index is 12.2. The number of benzene rings is 2. The normalized spacial score (nSPS) is 11.2. The predicted molar refractivity (Wildman–Crippen MR) is 94.6 cm³/mol. The summed E-state index contributed by atoms with van der Waals surface area (Å²) in [4.78, 5) is 12.2. The number of carbonyl (C=O) groups is 1. The Labute approximate surface area is 142 Å². The van der Waals surface area contributed by atoms with Crippen LogP contribution in [0.1, 0.15) is 18.1 Å². The number of aromatic nitrogens is 2. The Balaban J connectivity index is 1.79. The van der Waals surface area contributed by atoms with Gasteiger partial charge in [0.2, 0.25) is 5.91 Å². The molecule has 0 unspecified atom stereocenters. The highest BCUT2D eigenvalue weighted by atomic mass is 16.2. The van der Waals surface area contributed by atoms with Gasteiger partial charge in [0.05, 0.1) is 0 Å². The molecule has 0 atom stereocenters. The summed E-state index contributed by atoms with van der Waals surface area (Å²) in [5, 5.41) is 7.13. The molecule has 0 aliphatic rings. The third kappa shape index (κ3) is 3.54. The lowest BCUT2D eigenvalue weighted by molar-refractivity contribution is -0.122. The Bertz CT molecular complexity index is 728. The number of amides is 1. The predicted octanol–water partition coefficient (Wildman–Crippen LogP) is 3.01. The first kappa shape index (κ1) is 16.0. The average molecular weight is 319 g/mol. The van der Waals surface area contributed by atoms with E-state index < -0.39 is 0 Å². The molecule has 0 fully saturated rings. The van der Waals surface area contributed by atoms with Gasteiger partial charge < -0.3 is 5.32 Å². The van der Waals surface area contributed by atoms with E-state index in [-0.39, 0.29) is 17.9 Å². The molecule has 3 rings (SSSR count). The molecule has 2 aromatic carbocycles. The minimum absolute atomic E-state index is 0.0446. The zero-order valence-corrected chi connectivity index (χ0v) is 13.7. The van der Waals surface area contributed by atoms with Crippen molar-refractivity contribution in [3.63, 3.8) is 0 Å². The Morgan fingerprint density at radius 3 is 2.08 bits per heavy atom. The van der Waals surface area contributed by atoms with Gasteiger partial charge in [-0.05, 0) is 24.1 Å². The van der Waals surface area contributed by atoms with Gasteiger partial charge in [0.1, 0.15) is 6.54 Å². The van der Waals surface area contributed by atoms with Gasteiger partial charge in [-0.25, -0.2) is 0 Å². The van der Waals surface area contributed by atoms with Crippen LogP contribution in [-0.2, 0) is 16.8 Å². The highest BCUT2D eigenvalue weighted by molar-refractivity contribution is 5.75. The fourth-order valence-electron chi connectivity index (χ4n) is 2.86. The number of hydrogen-bond acceptors (Lipinski definition) is 2. The van der Waals surface area contributed by atoms with Crippen LogP contribution in [0.25, 0.3) is 0 Å². The summed E-state index contributed by atoms with van der Waals surface area (Å²) in [5.74, 6) is -0.0446. The Morgan fingerprint density at radius 1 is 1.00 bits per heavy atom. The van der Waals surface area contributed by atoms with E-state index in [1.165, 1.54) is 11.1 Å². The van der Waals surface area contributed by atoms with Crippen LogP contribution in [0, 0.1) is 0 Å². The number of hydrogen-bond donors (Lipinski definition) is 1. The van der Waals surface area contributed by atoms with E-state index in [9.17, 15) is 4.79 Å². The Hall–Kier alpha value is -2.88. The standard InChI is InChI=1S/C20H21N3O/c1-20(17-9-4-2-5-10-17,18-11-6-3-7-12-18)16-21-19(24)15-23-14-8-13-22-23/h2-14H,15-16H2,1H3,(H,21,24). The first-order valence-corrected chi connectivity index (χ1v) is 8.04. The van der Waals surface area contributed by atoms with Crippen molar-refractivity contribution in [3.8, 4) is 0 Å². The largest absolute Gasteiger partial charge is 0.353 e. The molecule has 0 saturated heterocycles. The molecular formula is C20H21N3O. The minimum atomic E-state index is -0.289. The van der Waals surface area contributed by atoms with Gasteiger partial charge in [-0.15, -0.1) is 0 Å². The van der Waals surface area contributed by atoms with Crippen molar-refractivity contribution in [1.82, 2.24) is 15.1 Å². The number of nitrogens with one attached hydrogen (secondary N) is 1. The second kappa shape index (κ2) is 7.13. The molecule has 4 nitrogen and oxygen atoms in total. The molecule has 1 heterocycles. The lowest BCUT2D eigenvalue weighted by Gasteiger charge is -2.31.